The van der Waals surface area contributed by atoms with E-state index in [0.29, 0.717) is 25.7 Å². The molecule has 2 atom stereocenters. The Labute approximate surface area is 151 Å². The van der Waals surface area contributed by atoms with Crippen LogP contribution in [-0.4, -0.2) is 74.3 Å². The van der Waals surface area contributed by atoms with Crippen LogP contribution < -0.4 is 15.4 Å². The Morgan fingerprint density at radius 1 is 1.19 bits per heavy atom. The van der Waals surface area contributed by atoms with Gasteiger partial charge in [0.05, 0.1) is 20.3 Å². The Bertz CT molecular complexity index is 706. The second kappa shape index (κ2) is 7.61. The molecular formula is C17H23N5O4. The van der Waals surface area contributed by atoms with E-state index in [1.807, 2.05) is 29.2 Å². The van der Waals surface area contributed by atoms with Crippen molar-refractivity contribution in [1.29, 1.82) is 0 Å². The molecule has 2 N–H and O–H groups in total. The summed E-state index contributed by atoms with van der Waals surface area (Å²) in [5.41, 5.74) is 1.01. The molecule has 1 aromatic rings. The van der Waals surface area contributed by atoms with Crippen molar-refractivity contribution in [3.63, 3.8) is 0 Å². The Morgan fingerprint density at radius 3 is 2.58 bits per heavy atom. The lowest BCUT2D eigenvalue weighted by molar-refractivity contribution is -0.127. The van der Waals surface area contributed by atoms with Gasteiger partial charge in [-0.25, -0.2) is 9.79 Å². The predicted molar refractivity (Wildman–Crippen MR) is 94.7 cm³/mol. The van der Waals surface area contributed by atoms with Crippen LogP contribution in [0.15, 0.2) is 29.3 Å². The van der Waals surface area contributed by atoms with Crippen LogP contribution in [0.1, 0.15) is 5.56 Å². The number of urea groups is 1. The van der Waals surface area contributed by atoms with Crippen LogP contribution in [-0.2, 0) is 16.1 Å². The summed E-state index contributed by atoms with van der Waals surface area (Å²) in [6.45, 7) is 1.37. The molecule has 0 spiro atoms. The molecule has 0 saturated carbocycles. The highest BCUT2D eigenvalue weighted by molar-refractivity contribution is 6.04. The van der Waals surface area contributed by atoms with E-state index in [1.54, 1.807) is 21.3 Å². The van der Waals surface area contributed by atoms with Gasteiger partial charge in [0.15, 0.2) is 12.0 Å². The fourth-order valence-corrected chi connectivity index (χ4v) is 3.05. The highest BCUT2D eigenvalue weighted by Gasteiger charge is 2.49. The van der Waals surface area contributed by atoms with Crippen LogP contribution in [0.25, 0.3) is 0 Å². The van der Waals surface area contributed by atoms with E-state index < -0.39 is 18.2 Å². The molecule has 2 heterocycles. The molecular weight excluding hydrogens is 338 g/mol. The minimum Gasteiger partial charge on any atom is -0.497 e. The minimum atomic E-state index is -0.539. The summed E-state index contributed by atoms with van der Waals surface area (Å²) in [6, 6.07) is 6.66. The van der Waals surface area contributed by atoms with Crippen LogP contribution in [0.4, 0.5) is 4.79 Å². The third-order valence-electron chi connectivity index (χ3n) is 4.53. The van der Waals surface area contributed by atoms with Gasteiger partial charge in [-0.15, -0.1) is 0 Å². The van der Waals surface area contributed by atoms with E-state index in [0.717, 1.165) is 11.3 Å². The van der Waals surface area contributed by atoms with Gasteiger partial charge in [-0.2, -0.15) is 0 Å². The van der Waals surface area contributed by atoms with Crippen LogP contribution in [0.3, 0.4) is 0 Å². The number of nitrogens with one attached hydrogen (secondary N) is 2. The van der Waals surface area contributed by atoms with Crippen molar-refractivity contribution in [2.45, 2.75) is 18.8 Å². The average Bonchev–Trinajstić information content (AvgIpc) is 3.02. The first kappa shape index (κ1) is 18.0. The summed E-state index contributed by atoms with van der Waals surface area (Å²) in [5.74, 6) is 1.02. The number of rotatable bonds is 6. The standard InChI is InChI=1S/C17H23N5O4/c1-21-14-13(15(23)20-17(21)24)22(8-9-25-2)16(19-14)18-10-11-4-6-12(26-3)7-5-11/h4-7,13-14H,8-10H2,1-3H3,(H,18,19)(H,20,23,24). The summed E-state index contributed by atoms with van der Waals surface area (Å²) in [5, 5.41) is 5.57. The number of imide groups is 1. The second-order valence-corrected chi connectivity index (χ2v) is 6.11. The molecule has 0 aliphatic carbocycles. The fourth-order valence-electron chi connectivity index (χ4n) is 3.05. The summed E-state index contributed by atoms with van der Waals surface area (Å²) < 4.78 is 10.3. The number of methoxy groups -OCH3 is 2. The maximum atomic E-state index is 12.3. The van der Waals surface area contributed by atoms with E-state index in [2.05, 4.69) is 15.6 Å². The van der Waals surface area contributed by atoms with Gasteiger partial charge in [-0.3, -0.25) is 10.1 Å². The molecule has 9 nitrogen and oxygen atoms in total. The summed E-state index contributed by atoms with van der Waals surface area (Å²) in [4.78, 5) is 32.2. The summed E-state index contributed by atoms with van der Waals surface area (Å²) >= 11 is 0. The van der Waals surface area contributed by atoms with E-state index >= 15 is 0 Å². The molecule has 9 heteroatoms. The van der Waals surface area contributed by atoms with Crippen molar-refractivity contribution in [2.75, 3.05) is 34.4 Å². The first-order valence-electron chi connectivity index (χ1n) is 8.32. The molecule has 0 bridgehead atoms. The first-order chi connectivity index (χ1) is 12.5. The number of nitrogens with zero attached hydrogens (tertiary/aromatic N) is 3. The topological polar surface area (TPSA) is 95.5 Å². The Kier molecular flexibility index (Phi) is 5.27. The molecule has 140 valence electrons. The molecule has 2 saturated heterocycles. The van der Waals surface area contributed by atoms with Gasteiger partial charge in [0.25, 0.3) is 5.91 Å². The van der Waals surface area contributed by atoms with E-state index in [9.17, 15) is 9.59 Å². The van der Waals surface area contributed by atoms with Crippen molar-refractivity contribution in [3.05, 3.63) is 29.8 Å². The van der Waals surface area contributed by atoms with E-state index in [4.69, 9.17) is 9.47 Å². The number of benzene rings is 1. The maximum absolute atomic E-state index is 12.3. The van der Waals surface area contributed by atoms with Gasteiger partial charge in [0.2, 0.25) is 0 Å². The minimum absolute atomic E-state index is 0.337. The highest BCUT2D eigenvalue weighted by atomic mass is 16.5. The van der Waals surface area contributed by atoms with Crippen LogP contribution in [0.5, 0.6) is 5.75 Å². The number of fused-ring (bicyclic) bond motifs is 1. The number of likely N-dealkylation sites (N-methyl/N-ethyl adjacent to an activating group) is 1. The van der Waals surface area contributed by atoms with Crippen molar-refractivity contribution in [2.24, 2.45) is 4.99 Å². The number of carbonyl (C=O) groups excluding carboxylic acids is 2. The largest absolute Gasteiger partial charge is 0.497 e. The number of aliphatic imine (C=N–C) groups is 1. The zero-order valence-corrected chi connectivity index (χ0v) is 15.1. The SMILES string of the molecule is COCCN1C(=NCc2ccc(OC)cc2)NC2C1C(=O)NC(=O)N2C. The lowest BCUT2D eigenvalue weighted by Crippen LogP contribution is -2.65. The van der Waals surface area contributed by atoms with Crippen molar-refractivity contribution in [1.82, 2.24) is 20.4 Å². The van der Waals surface area contributed by atoms with Crippen molar-refractivity contribution >= 4 is 17.9 Å². The maximum Gasteiger partial charge on any atom is 0.325 e. The third kappa shape index (κ3) is 3.43. The zero-order chi connectivity index (χ0) is 18.7. The molecule has 26 heavy (non-hydrogen) atoms. The Balaban J connectivity index is 1.81. The normalized spacial score (nSPS) is 23.7. The Morgan fingerprint density at radius 2 is 1.92 bits per heavy atom. The van der Waals surface area contributed by atoms with Gasteiger partial charge >= 0.3 is 6.03 Å². The van der Waals surface area contributed by atoms with Gasteiger partial charge < -0.3 is 24.6 Å². The molecule has 2 fully saturated rings. The second-order valence-electron chi connectivity index (χ2n) is 6.11. The highest BCUT2D eigenvalue weighted by Crippen LogP contribution is 2.21. The average molecular weight is 361 g/mol. The number of carbonyl (C=O) groups is 2. The third-order valence-corrected chi connectivity index (χ3v) is 4.53. The molecule has 1 aromatic carbocycles. The lowest BCUT2D eigenvalue weighted by atomic mass is 10.1. The first-order valence-corrected chi connectivity index (χ1v) is 8.32. The molecule has 0 aromatic heterocycles. The molecule has 3 amide bonds. The van der Waals surface area contributed by atoms with Crippen molar-refractivity contribution in [3.8, 4) is 5.75 Å². The number of hydrogen-bond donors (Lipinski definition) is 2. The molecule has 0 radical (unpaired) electrons. The number of guanidine groups is 1. The van der Waals surface area contributed by atoms with Gasteiger partial charge in [0, 0.05) is 20.7 Å². The fraction of sp³-hybridized carbons (Fsp3) is 0.471. The van der Waals surface area contributed by atoms with E-state index in [-0.39, 0.29) is 5.91 Å². The summed E-state index contributed by atoms with van der Waals surface area (Å²) in [6.07, 6.45) is -0.456. The molecule has 2 aliphatic heterocycles. The smallest absolute Gasteiger partial charge is 0.325 e. The lowest BCUT2D eigenvalue weighted by Gasteiger charge is -2.35. The zero-order valence-electron chi connectivity index (χ0n) is 15.1. The monoisotopic (exact) mass is 361 g/mol. The number of ether oxygens (including phenoxy) is 2. The summed E-state index contributed by atoms with van der Waals surface area (Å²) in [7, 11) is 4.87. The van der Waals surface area contributed by atoms with Gasteiger partial charge in [0.1, 0.15) is 11.9 Å². The quantitative estimate of drug-likeness (QED) is 0.739. The number of amides is 3. The van der Waals surface area contributed by atoms with Crippen molar-refractivity contribution < 1.29 is 19.1 Å². The molecule has 3 rings (SSSR count). The molecule has 2 aliphatic rings. The van der Waals surface area contributed by atoms with Gasteiger partial charge in [-0.1, -0.05) is 12.1 Å². The Hall–Kier alpha value is -2.81. The number of hydrogen-bond acceptors (Lipinski definition) is 5. The van der Waals surface area contributed by atoms with E-state index in [1.165, 1.54) is 4.90 Å². The predicted octanol–water partition coefficient (Wildman–Crippen LogP) is -0.0209. The molecule has 2 unspecified atom stereocenters. The van der Waals surface area contributed by atoms with Crippen LogP contribution in [0, 0.1) is 0 Å². The van der Waals surface area contributed by atoms with Gasteiger partial charge in [-0.05, 0) is 17.7 Å². The van der Waals surface area contributed by atoms with Crippen LogP contribution >= 0.6 is 0 Å². The van der Waals surface area contributed by atoms with Crippen LogP contribution in [0.2, 0.25) is 0 Å².